The van der Waals surface area contributed by atoms with E-state index < -0.39 is 76.9 Å². The maximum absolute atomic E-state index is 16.1. The normalized spacial score (nSPS) is 12.4. The van der Waals surface area contributed by atoms with Gasteiger partial charge in [0.05, 0.1) is 38.3 Å². The highest BCUT2D eigenvalue weighted by molar-refractivity contribution is 8.32. The highest BCUT2D eigenvalue weighted by Gasteiger charge is 2.28. The number of carbonyl (C=O) groups is 1. The summed E-state index contributed by atoms with van der Waals surface area (Å²) in [5.41, 5.74) is -2.80. The third-order valence-electron chi connectivity index (χ3n) is 6.16. The van der Waals surface area contributed by atoms with E-state index >= 15 is 13.2 Å². The Morgan fingerprint density at radius 2 is 1.74 bits per heavy atom. The predicted molar refractivity (Wildman–Crippen MR) is 154 cm³/mol. The van der Waals surface area contributed by atoms with Crippen molar-refractivity contribution in [3.63, 3.8) is 0 Å². The molecule has 0 aliphatic heterocycles. The van der Waals surface area contributed by atoms with Crippen LogP contribution in [0.25, 0.3) is 22.0 Å². The second kappa shape index (κ2) is 12.4. The van der Waals surface area contributed by atoms with Gasteiger partial charge in [0.15, 0.2) is 22.2 Å². The monoisotopic (exact) mass is 644 g/mol. The summed E-state index contributed by atoms with van der Waals surface area (Å²) >= 11 is 0. The first-order valence-electron chi connectivity index (χ1n) is 12.4. The van der Waals surface area contributed by atoms with E-state index in [1.807, 2.05) is 4.72 Å². The Hall–Kier alpha value is -3.89. The highest BCUT2D eigenvalue weighted by atomic mass is 32.3. The van der Waals surface area contributed by atoms with Crippen molar-refractivity contribution in [2.75, 3.05) is 50.1 Å². The molecule has 2 aromatic heterocycles. The lowest BCUT2D eigenvalue weighted by molar-refractivity contribution is 0.0586. The number of hydrogen-bond donors (Lipinski definition) is 1. The molecule has 0 spiro atoms. The number of sulfonamides is 1. The summed E-state index contributed by atoms with van der Waals surface area (Å²) in [4.78, 5) is 15.2. The summed E-state index contributed by atoms with van der Waals surface area (Å²) in [6.45, 7) is 0.0316. The number of fused-ring (bicyclic) bond motifs is 1. The molecule has 0 fully saturated rings. The highest BCUT2D eigenvalue weighted by Crippen LogP contribution is 2.37. The van der Waals surface area contributed by atoms with Gasteiger partial charge in [-0.25, -0.2) is 50.5 Å². The Morgan fingerprint density at radius 3 is 2.40 bits per heavy atom. The van der Waals surface area contributed by atoms with Crippen LogP contribution in [0.5, 0.6) is 5.88 Å². The molecule has 2 heterocycles. The Labute approximate surface area is 246 Å². The van der Waals surface area contributed by atoms with E-state index in [1.165, 1.54) is 6.07 Å². The summed E-state index contributed by atoms with van der Waals surface area (Å²) in [7, 11) is -3.39. The van der Waals surface area contributed by atoms with Crippen molar-refractivity contribution in [3.8, 4) is 17.0 Å². The SMILES string of the molecule is COC(=O)c1nn(COCCS(C)(C)C)c2c(F)c(-c3c(F)ccc(NS(=O)(=O)c4cc(F)cnc4OC)c3F)ccc12. The minimum Gasteiger partial charge on any atom is -0.480 e. The first-order chi connectivity index (χ1) is 20.2. The fraction of sp³-hybridized carbons (Fsp3) is 0.296. The van der Waals surface area contributed by atoms with Crippen molar-refractivity contribution in [1.29, 1.82) is 0 Å². The largest absolute Gasteiger partial charge is 0.480 e. The maximum Gasteiger partial charge on any atom is 0.359 e. The van der Waals surface area contributed by atoms with Crippen molar-refractivity contribution in [1.82, 2.24) is 14.8 Å². The minimum absolute atomic E-state index is 0.00141. The van der Waals surface area contributed by atoms with Crippen LogP contribution in [0, 0.1) is 23.3 Å². The van der Waals surface area contributed by atoms with Gasteiger partial charge in [0.2, 0.25) is 5.88 Å². The molecule has 0 amide bonds. The van der Waals surface area contributed by atoms with Gasteiger partial charge in [-0.15, -0.1) is 0 Å². The van der Waals surface area contributed by atoms with E-state index in [9.17, 15) is 17.6 Å². The number of nitrogens with one attached hydrogen (secondary N) is 1. The molecule has 4 aromatic rings. The quantitative estimate of drug-likeness (QED) is 0.139. The molecule has 0 bridgehead atoms. The fourth-order valence-corrected chi connectivity index (χ4v) is 5.87. The average Bonchev–Trinajstić information content (AvgIpc) is 3.32. The van der Waals surface area contributed by atoms with E-state index in [0.29, 0.717) is 12.7 Å². The first kappa shape index (κ1) is 32.0. The lowest BCUT2D eigenvalue weighted by atomic mass is 10.0. The predicted octanol–water partition coefficient (Wildman–Crippen LogP) is 4.92. The molecule has 0 aliphatic rings. The van der Waals surface area contributed by atoms with Crippen molar-refractivity contribution in [2.24, 2.45) is 0 Å². The van der Waals surface area contributed by atoms with Crippen LogP contribution >= 0.6 is 10.0 Å². The van der Waals surface area contributed by atoms with Crippen LogP contribution in [0.3, 0.4) is 0 Å². The molecule has 2 aromatic carbocycles. The molecule has 0 radical (unpaired) electrons. The average molecular weight is 645 g/mol. The molecule has 0 atom stereocenters. The van der Waals surface area contributed by atoms with E-state index in [4.69, 9.17) is 14.2 Å². The lowest BCUT2D eigenvalue weighted by Gasteiger charge is -2.24. The van der Waals surface area contributed by atoms with Crippen LogP contribution < -0.4 is 9.46 Å². The number of methoxy groups -OCH3 is 2. The van der Waals surface area contributed by atoms with Gasteiger partial charge in [-0.1, -0.05) is 6.07 Å². The first-order valence-corrected chi connectivity index (χ1v) is 16.9. The van der Waals surface area contributed by atoms with Gasteiger partial charge >= 0.3 is 5.97 Å². The number of benzene rings is 2. The van der Waals surface area contributed by atoms with Crippen molar-refractivity contribution >= 4 is 42.6 Å². The van der Waals surface area contributed by atoms with Gasteiger partial charge in [-0.3, -0.25) is 4.72 Å². The summed E-state index contributed by atoms with van der Waals surface area (Å²) in [5, 5.41) is 4.12. The molecular weight excluding hydrogens is 616 g/mol. The van der Waals surface area contributed by atoms with E-state index in [0.717, 1.165) is 49.1 Å². The summed E-state index contributed by atoms with van der Waals surface area (Å²) < 4.78 is 105. The van der Waals surface area contributed by atoms with Gasteiger partial charge in [-0.05, 0) is 37.0 Å². The zero-order valence-electron chi connectivity index (χ0n) is 23.7. The molecule has 0 saturated heterocycles. The molecule has 0 saturated carbocycles. The molecule has 16 heteroatoms. The van der Waals surface area contributed by atoms with E-state index in [-0.39, 0.29) is 23.3 Å². The van der Waals surface area contributed by atoms with Crippen LogP contribution in [0.2, 0.25) is 0 Å². The Balaban J connectivity index is 1.81. The summed E-state index contributed by atoms with van der Waals surface area (Å²) in [6, 6.07) is 4.39. The number of esters is 1. The van der Waals surface area contributed by atoms with E-state index in [1.54, 1.807) is 0 Å². The molecular formula is C27H28F4N4O6S2. The van der Waals surface area contributed by atoms with Crippen molar-refractivity contribution in [2.45, 2.75) is 11.6 Å². The number of halogens is 4. The summed E-state index contributed by atoms with van der Waals surface area (Å²) in [5.74, 6) is -5.45. The standard InChI is InChI=1S/C27H28F4N4O6S2/c1-39-26-20(12-15(28)13-32-26)43(37,38)34-19-9-8-18(29)21(23(19)31)16-6-7-17-24(27(36)40-2)33-35(25(17)22(16)30)14-41-10-11-42(3,4)5/h6-9,12-13,34H,10-11,14H2,1-5H3. The molecule has 4 rings (SSSR count). The molecule has 1 N–H and O–H groups in total. The van der Waals surface area contributed by atoms with Gasteiger partial charge in [-0.2, -0.15) is 5.10 Å². The molecule has 10 nitrogen and oxygen atoms in total. The number of anilines is 1. The number of pyridine rings is 1. The molecule has 0 aliphatic carbocycles. The zero-order chi connectivity index (χ0) is 31.7. The lowest BCUT2D eigenvalue weighted by Crippen LogP contribution is -2.16. The Morgan fingerprint density at radius 1 is 1.02 bits per heavy atom. The van der Waals surface area contributed by atoms with Crippen LogP contribution in [0.4, 0.5) is 23.2 Å². The fourth-order valence-electron chi connectivity index (χ4n) is 4.06. The van der Waals surface area contributed by atoms with Crippen molar-refractivity contribution in [3.05, 3.63) is 65.5 Å². The van der Waals surface area contributed by atoms with Gasteiger partial charge in [0.1, 0.15) is 23.9 Å². The topological polar surface area (TPSA) is 122 Å². The number of aromatic nitrogens is 3. The number of rotatable bonds is 11. The second-order valence-electron chi connectivity index (χ2n) is 10.0. The van der Waals surface area contributed by atoms with Crippen LogP contribution in [0.15, 0.2) is 41.4 Å². The zero-order valence-corrected chi connectivity index (χ0v) is 25.3. The second-order valence-corrected chi connectivity index (χ2v) is 16.3. The summed E-state index contributed by atoms with van der Waals surface area (Å²) in [6.07, 6.45) is 6.98. The number of nitrogens with zero attached hydrogens (tertiary/aromatic N) is 3. The van der Waals surface area contributed by atoms with Gasteiger partial charge in [0.25, 0.3) is 10.0 Å². The van der Waals surface area contributed by atoms with Crippen LogP contribution in [0.1, 0.15) is 10.5 Å². The molecule has 232 valence electrons. The Kier molecular flexibility index (Phi) is 9.22. The minimum atomic E-state index is -4.71. The van der Waals surface area contributed by atoms with Crippen LogP contribution in [-0.4, -0.2) is 74.5 Å². The molecule has 43 heavy (non-hydrogen) atoms. The van der Waals surface area contributed by atoms with Gasteiger partial charge in [0, 0.05) is 22.8 Å². The molecule has 0 unspecified atom stereocenters. The third-order valence-corrected chi connectivity index (χ3v) is 8.91. The van der Waals surface area contributed by atoms with Gasteiger partial charge < -0.3 is 14.2 Å². The Bertz CT molecular complexity index is 1810. The number of hydrogen-bond acceptors (Lipinski definition) is 8. The smallest absolute Gasteiger partial charge is 0.359 e. The van der Waals surface area contributed by atoms with Crippen LogP contribution in [-0.2, 0) is 26.2 Å². The third kappa shape index (κ3) is 6.70. The van der Waals surface area contributed by atoms with Crippen molar-refractivity contribution < 1.29 is 45.0 Å². The van der Waals surface area contributed by atoms with E-state index in [2.05, 4.69) is 28.8 Å². The maximum atomic E-state index is 16.1. The number of ether oxygens (including phenoxy) is 3. The number of carbonyl (C=O) groups excluding carboxylic acids is 1.